The SMILES string of the molecule is COc1ccc(CC(C)(C)N)cc1OC1CCN(C)CC1. The Morgan fingerprint density at radius 2 is 1.90 bits per heavy atom. The van der Waals surface area contributed by atoms with E-state index in [-0.39, 0.29) is 11.6 Å². The van der Waals surface area contributed by atoms with Crippen molar-refractivity contribution in [3.05, 3.63) is 23.8 Å². The molecule has 0 saturated carbocycles. The summed E-state index contributed by atoms with van der Waals surface area (Å²) in [5.74, 6) is 1.64. The zero-order valence-corrected chi connectivity index (χ0v) is 13.7. The van der Waals surface area contributed by atoms with Crippen molar-refractivity contribution < 1.29 is 9.47 Å². The molecule has 4 heteroatoms. The van der Waals surface area contributed by atoms with Gasteiger partial charge in [0.1, 0.15) is 6.10 Å². The number of methoxy groups -OCH3 is 1. The van der Waals surface area contributed by atoms with Crippen LogP contribution < -0.4 is 15.2 Å². The molecule has 0 spiro atoms. The Hall–Kier alpha value is -1.26. The van der Waals surface area contributed by atoms with Crippen molar-refractivity contribution in [3.63, 3.8) is 0 Å². The number of piperidine rings is 1. The first-order valence-corrected chi connectivity index (χ1v) is 7.68. The number of nitrogens with zero attached hydrogens (tertiary/aromatic N) is 1. The van der Waals surface area contributed by atoms with E-state index in [9.17, 15) is 0 Å². The number of hydrogen-bond donors (Lipinski definition) is 1. The van der Waals surface area contributed by atoms with Gasteiger partial charge in [-0.05, 0) is 57.9 Å². The van der Waals surface area contributed by atoms with Crippen LogP contribution in [-0.4, -0.2) is 43.8 Å². The first-order chi connectivity index (χ1) is 9.87. The van der Waals surface area contributed by atoms with Crippen molar-refractivity contribution >= 4 is 0 Å². The van der Waals surface area contributed by atoms with E-state index in [1.807, 2.05) is 19.9 Å². The molecule has 2 rings (SSSR count). The summed E-state index contributed by atoms with van der Waals surface area (Å²) in [5.41, 5.74) is 7.07. The van der Waals surface area contributed by atoms with Crippen molar-refractivity contribution in [2.24, 2.45) is 5.73 Å². The van der Waals surface area contributed by atoms with E-state index in [0.29, 0.717) is 0 Å². The van der Waals surface area contributed by atoms with Gasteiger partial charge in [-0.15, -0.1) is 0 Å². The van der Waals surface area contributed by atoms with Crippen molar-refractivity contribution in [1.29, 1.82) is 0 Å². The normalized spacial score (nSPS) is 17.8. The lowest BCUT2D eigenvalue weighted by atomic mass is 9.96. The predicted molar refractivity (Wildman–Crippen MR) is 86.1 cm³/mol. The summed E-state index contributed by atoms with van der Waals surface area (Å²) in [7, 11) is 3.84. The van der Waals surface area contributed by atoms with Gasteiger partial charge in [0.15, 0.2) is 11.5 Å². The second kappa shape index (κ2) is 6.67. The highest BCUT2D eigenvalue weighted by molar-refractivity contribution is 5.43. The minimum atomic E-state index is -0.223. The van der Waals surface area contributed by atoms with Crippen LogP contribution in [0.3, 0.4) is 0 Å². The third-order valence-corrected chi connectivity index (χ3v) is 3.85. The Morgan fingerprint density at radius 1 is 1.24 bits per heavy atom. The molecule has 0 amide bonds. The van der Waals surface area contributed by atoms with Crippen LogP contribution in [-0.2, 0) is 6.42 Å². The van der Waals surface area contributed by atoms with Crippen LogP contribution in [0.2, 0.25) is 0 Å². The molecule has 0 unspecified atom stereocenters. The average molecular weight is 292 g/mol. The van der Waals surface area contributed by atoms with Crippen molar-refractivity contribution in [2.75, 3.05) is 27.2 Å². The lowest BCUT2D eigenvalue weighted by Gasteiger charge is -2.30. The van der Waals surface area contributed by atoms with Crippen molar-refractivity contribution in [2.45, 2.75) is 44.8 Å². The van der Waals surface area contributed by atoms with Gasteiger partial charge >= 0.3 is 0 Å². The highest BCUT2D eigenvalue weighted by Crippen LogP contribution is 2.31. The summed E-state index contributed by atoms with van der Waals surface area (Å²) in [6.45, 7) is 6.24. The molecule has 21 heavy (non-hydrogen) atoms. The van der Waals surface area contributed by atoms with E-state index >= 15 is 0 Å². The second-order valence-electron chi connectivity index (χ2n) is 6.77. The maximum Gasteiger partial charge on any atom is 0.161 e. The molecule has 0 radical (unpaired) electrons. The largest absolute Gasteiger partial charge is 0.493 e. The molecule has 0 aromatic heterocycles. The second-order valence-corrected chi connectivity index (χ2v) is 6.77. The fraction of sp³-hybridized carbons (Fsp3) is 0.647. The number of hydrogen-bond acceptors (Lipinski definition) is 4. The van der Waals surface area contributed by atoms with E-state index in [2.05, 4.69) is 24.1 Å². The zero-order chi connectivity index (χ0) is 15.5. The third-order valence-electron chi connectivity index (χ3n) is 3.85. The molecule has 1 heterocycles. The summed E-state index contributed by atoms with van der Waals surface area (Å²) in [6, 6.07) is 6.12. The van der Waals surface area contributed by atoms with Crippen molar-refractivity contribution in [1.82, 2.24) is 4.90 Å². The number of rotatable bonds is 5. The molecule has 1 aliphatic rings. The van der Waals surface area contributed by atoms with Crippen LogP contribution in [0.25, 0.3) is 0 Å². The van der Waals surface area contributed by atoms with Crippen molar-refractivity contribution in [3.8, 4) is 11.5 Å². The van der Waals surface area contributed by atoms with Gasteiger partial charge < -0.3 is 20.1 Å². The molecule has 1 aliphatic heterocycles. The van der Waals surface area contributed by atoms with Crippen LogP contribution in [0.5, 0.6) is 11.5 Å². The van der Waals surface area contributed by atoms with Gasteiger partial charge in [-0.1, -0.05) is 6.07 Å². The number of likely N-dealkylation sites (tertiary alicyclic amines) is 1. The minimum absolute atomic E-state index is 0.223. The van der Waals surface area contributed by atoms with Gasteiger partial charge in [-0.3, -0.25) is 0 Å². The van der Waals surface area contributed by atoms with Crippen LogP contribution in [0.4, 0.5) is 0 Å². The van der Waals surface area contributed by atoms with Crippen LogP contribution in [0.15, 0.2) is 18.2 Å². The average Bonchev–Trinajstić information content (AvgIpc) is 2.40. The molecule has 4 nitrogen and oxygen atoms in total. The standard InChI is InChI=1S/C17H28N2O2/c1-17(2,18)12-13-5-6-15(20-4)16(11-13)21-14-7-9-19(3)10-8-14/h5-6,11,14H,7-10,12,18H2,1-4H3. The summed E-state index contributed by atoms with van der Waals surface area (Å²) >= 11 is 0. The van der Waals surface area contributed by atoms with E-state index < -0.39 is 0 Å². The molecule has 0 bridgehead atoms. The van der Waals surface area contributed by atoms with Gasteiger partial charge in [0.05, 0.1) is 7.11 Å². The highest BCUT2D eigenvalue weighted by Gasteiger charge is 2.20. The summed E-state index contributed by atoms with van der Waals surface area (Å²) in [6.07, 6.45) is 3.22. The molecule has 1 aromatic rings. The molecular formula is C17H28N2O2. The summed E-state index contributed by atoms with van der Waals surface area (Å²) in [4.78, 5) is 2.34. The lowest BCUT2D eigenvalue weighted by Crippen LogP contribution is -2.36. The smallest absolute Gasteiger partial charge is 0.161 e. The Balaban J connectivity index is 2.10. The summed E-state index contributed by atoms with van der Waals surface area (Å²) in [5, 5.41) is 0. The molecule has 1 aromatic carbocycles. The molecule has 118 valence electrons. The van der Waals surface area contributed by atoms with Crippen LogP contribution in [0.1, 0.15) is 32.3 Å². The number of benzene rings is 1. The minimum Gasteiger partial charge on any atom is -0.493 e. The monoisotopic (exact) mass is 292 g/mol. The molecule has 1 saturated heterocycles. The maximum atomic E-state index is 6.19. The van der Waals surface area contributed by atoms with Gasteiger partial charge in [-0.2, -0.15) is 0 Å². The third kappa shape index (κ3) is 4.90. The molecule has 0 atom stereocenters. The maximum absolute atomic E-state index is 6.19. The molecule has 1 fully saturated rings. The van der Waals surface area contributed by atoms with Gasteiger partial charge in [0, 0.05) is 18.6 Å². The number of ether oxygens (including phenoxy) is 2. The summed E-state index contributed by atoms with van der Waals surface area (Å²) < 4.78 is 11.6. The molecular weight excluding hydrogens is 264 g/mol. The van der Waals surface area contributed by atoms with E-state index in [1.165, 1.54) is 5.56 Å². The fourth-order valence-corrected chi connectivity index (χ4v) is 2.73. The van der Waals surface area contributed by atoms with E-state index in [0.717, 1.165) is 43.9 Å². The number of nitrogens with two attached hydrogens (primary N) is 1. The Kier molecular flexibility index (Phi) is 5.12. The molecule has 2 N–H and O–H groups in total. The topological polar surface area (TPSA) is 47.7 Å². The zero-order valence-electron chi connectivity index (χ0n) is 13.7. The first-order valence-electron chi connectivity index (χ1n) is 7.68. The van der Waals surface area contributed by atoms with Gasteiger partial charge in [0.25, 0.3) is 0 Å². The van der Waals surface area contributed by atoms with Crippen LogP contribution in [0, 0.1) is 0 Å². The molecule has 0 aliphatic carbocycles. The lowest BCUT2D eigenvalue weighted by molar-refractivity contribution is 0.111. The Morgan fingerprint density at radius 3 is 2.48 bits per heavy atom. The highest BCUT2D eigenvalue weighted by atomic mass is 16.5. The van der Waals surface area contributed by atoms with Gasteiger partial charge in [0.2, 0.25) is 0 Å². The van der Waals surface area contributed by atoms with Gasteiger partial charge in [-0.25, -0.2) is 0 Å². The van der Waals surface area contributed by atoms with E-state index in [4.69, 9.17) is 15.2 Å². The quantitative estimate of drug-likeness (QED) is 0.905. The van der Waals surface area contributed by atoms with Crippen LogP contribution >= 0.6 is 0 Å². The predicted octanol–water partition coefficient (Wildman–Crippen LogP) is 2.45. The Labute approximate surface area is 128 Å². The first kappa shape index (κ1) is 16.1. The fourth-order valence-electron chi connectivity index (χ4n) is 2.73. The Bertz CT molecular complexity index is 460. The van der Waals surface area contributed by atoms with E-state index in [1.54, 1.807) is 7.11 Å².